The molecule has 0 N–H and O–H groups in total. The van der Waals surface area contributed by atoms with Gasteiger partial charge in [0.2, 0.25) is 0 Å². The molecule has 2 aromatic rings. The van der Waals surface area contributed by atoms with Crippen LogP contribution in [0.5, 0.6) is 0 Å². The third kappa shape index (κ3) is 7.08. The molecule has 0 saturated heterocycles. The van der Waals surface area contributed by atoms with Crippen LogP contribution in [0.25, 0.3) is 0 Å². The van der Waals surface area contributed by atoms with Crippen LogP contribution in [0, 0.1) is 32.1 Å². The minimum atomic E-state index is -0.313. The Hall–Kier alpha value is -2.84. The van der Waals surface area contributed by atoms with Crippen molar-refractivity contribution < 1.29 is 9.85 Å². The quantitative estimate of drug-likeness (QED) is 0.457. The van der Waals surface area contributed by atoms with Gasteiger partial charge < -0.3 is 9.80 Å². The molecule has 0 aliphatic heterocycles. The van der Waals surface area contributed by atoms with Gasteiger partial charge in [-0.2, -0.15) is 0 Å². The van der Waals surface area contributed by atoms with Crippen LogP contribution in [0.2, 0.25) is 0 Å². The molecule has 2 aliphatic rings. The third-order valence-electron chi connectivity index (χ3n) is 6.71. The molecule has 34 heavy (non-hydrogen) atoms. The molecule has 0 radical (unpaired) electrons. The van der Waals surface area contributed by atoms with Gasteiger partial charge in [0.05, 0.1) is 9.85 Å². The Bertz CT molecular complexity index is 1020. The van der Waals surface area contributed by atoms with Crippen molar-refractivity contribution >= 4 is 11.4 Å². The zero-order valence-electron chi connectivity index (χ0n) is 20.7. The number of fused-ring (bicyclic) bond motifs is 2. The highest BCUT2D eigenvalue weighted by Gasteiger charge is 2.22. The summed E-state index contributed by atoms with van der Waals surface area (Å²) in [4.78, 5) is 25.2. The van der Waals surface area contributed by atoms with E-state index in [1.54, 1.807) is 24.3 Å². The molecular weight excluding hydrogens is 432 g/mol. The summed E-state index contributed by atoms with van der Waals surface area (Å²) in [5.74, 6) is 1.30. The van der Waals surface area contributed by atoms with Crippen molar-refractivity contribution in [2.24, 2.45) is 11.8 Å². The van der Waals surface area contributed by atoms with Gasteiger partial charge in [0, 0.05) is 37.4 Å². The minimum absolute atomic E-state index is 0.217. The van der Waals surface area contributed by atoms with E-state index in [1.807, 2.05) is 12.1 Å². The smallest absolute Gasteiger partial charge is 0.269 e. The van der Waals surface area contributed by atoms with Gasteiger partial charge in [-0.1, -0.05) is 12.1 Å². The average Bonchev–Trinajstić information content (AvgIpc) is 2.77. The number of nitro groups is 2. The summed E-state index contributed by atoms with van der Waals surface area (Å²) in [5, 5.41) is 21.4. The molecule has 8 heteroatoms. The standard InChI is InChI=1S/2C13H18N2O2/c1-14(2)9-10-3-4-12-8-13(15(16)17)6-5-11(12)7-10;1-14(2)9-10-3-4-11-5-6-13(15(16)17)8-12(11)7-10/h2*5-6,8,10H,3-4,7,9H2,1-2H3. The van der Waals surface area contributed by atoms with Crippen LogP contribution in [0.1, 0.15) is 35.1 Å². The summed E-state index contributed by atoms with van der Waals surface area (Å²) in [6.45, 7) is 2.15. The van der Waals surface area contributed by atoms with Crippen LogP contribution < -0.4 is 0 Å². The molecule has 0 saturated carbocycles. The first-order chi connectivity index (χ1) is 16.1. The number of non-ortho nitro benzene ring substituents is 2. The Kier molecular flexibility index (Phi) is 8.74. The van der Waals surface area contributed by atoms with Crippen LogP contribution in [0.15, 0.2) is 36.4 Å². The van der Waals surface area contributed by atoms with Crippen molar-refractivity contribution in [2.45, 2.75) is 38.5 Å². The number of rotatable bonds is 6. The maximum atomic E-state index is 10.7. The van der Waals surface area contributed by atoms with E-state index in [1.165, 1.54) is 17.5 Å². The monoisotopic (exact) mass is 468 g/mol. The van der Waals surface area contributed by atoms with Crippen molar-refractivity contribution in [3.63, 3.8) is 0 Å². The zero-order chi connectivity index (χ0) is 24.8. The molecular formula is C26H36N4O4. The molecule has 2 aromatic carbocycles. The fraction of sp³-hybridized carbons (Fsp3) is 0.538. The zero-order valence-corrected chi connectivity index (χ0v) is 20.7. The van der Waals surface area contributed by atoms with Gasteiger partial charge in [-0.3, -0.25) is 20.2 Å². The van der Waals surface area contributed by atoms with Crippen molar-refractivity contribution in [1.82, 2.24) is 9.80 Å². The van der Waals surface area contributed by atoms with E-state index in [-0.39, 0.29) is 21.2 Å². The maximum absolute atomic E-state index is 10.7. The highest BCUT2D eigenvalue weighted by molar-refractivity contribution is 5.42. The van der Waals surface area contributed by atoms with Gasteiger partial charge in [0.15, 0.2) is 0 Å². The van der Waals surface area contributed by atoms with Gasteiger partial charge in [-0.25, -0.2) is 0 Å². The summed E-state index contributed by atoms with van der Waals surface area (Å²) in [7, 11) is 8.32. The van der Waals surface area contributed by atoms with E-state index in [0.29, 0.717) is 11.8 Å². The number of hydrogen-bond acceptors (Lipinski definition) is 6. The Morgan fingerprint density at radius 2 is 1.15 bits per heavy atom. The first-order valence-corrected chi connectivity index (χ1v) is 11.9. The van der Waals surface area contributed by atoms with Crippen LogP contribution >= 0.6 is 0 Å². The Balaban J connectivity index is 0.000000191. The minimum Gasteiger partial charge on any atom is -0.309 e. The first kappa shape index (κ1) is 25.8. The molecule has 184 valence electrons. The number of hydrogen-bond donors (Lipinski definition) is 0. The number of aryl methyl sites for hydroxylation is 2. The van der Waals surface area contributed by atoms with Gasteiger partial charge in [0.1, 0.15) is 0 Å². The molecule has 0 amide bonds. The molecule has 0 spiro atoms. The van der Waals surface area contributed by atoms with Crippen molar-refractivity contribution in [3.8, 4) is 0 Å². The third-order valence-corrected chi connectivity index (χ3v) is 6.71. The fourth-order valence-electron chi connectivity index (χ4n) is 5.21. The predicted octanol–water partition coefficient (Wildman–Crippen LogP) is 4.52. The van der Waals surface area contributed by atoms with E-state index in [9.17, 15) is 20.2 Å². The lowest BCUT2D eigenvalue weighted by Crippen LogP contribution is -2.26. The number of nitro benzene ring substituents is 2. The summed E-state index contributed by atoms with van der Waals surface area (Å²) in [6, 6.07) is 10.6. The lowest BCUT2D eigenvalue weighted by molar-refractivity contribution is -0.385. The molecule has 2 unspecified atom stereocenters. The van der Waals surface area contributed by atoms with Gasteiger partial charge in [-0.15, -0.1) is 0 Å². The van der Waals surface area contributed by atoms with Crippen molar-refractivity contribution in [1.29, 1.82) is 0 Å². The first-order valence-electron chi connectivity index (χ1n) is 11.9. The van der Waals surface area contributed by atoms with Gasteiger partial charge in [0.25, 0.3) is 11.4 Å². The molecule has 0 heterocycles. The highest BCUT2D eigenvalue weighted by atomic mass is 16.6. The SMILES string of the molecule is CN(C)CC1CCc2cc([N+](=O)[O-])ccc2C1.CN(C)CC1CCc2ccc([N+](=O)[O-])cc2C1. The van der Waals surface area contributed by atoms with E-state index in [4.69, 9.17) is 0 Å². The van der Waals surface area contributed by atoms with Crippen LogP contribution in [-0.4, -0.2) is 60.9 Å². The average molecular weight is 469 g/mol. The highest BCUT2D eigenvalue weighted by Crippen LogP contribution is 2.30. The van der Waals surface area contributed by atoms with E-state index >= 15 is 0 Å². The van der Waals surface area contributed by atoms with E-state index < -0.39 is 0 Å². The van der Waals surface area contributed by atoms with Gasteiger partial charge >= 0.3 is 0 Å². The topological polar surface area (TPSA) is 92.8 Å². The lowest BCUT2D eigenvalue weighted by atomic mass is 9.83. The second-order valence-corrected chi connectivity index (χ2v) is 10.2. The van der Waals surface area contributed by atoms with Gasteiger partial charge in [-0.05, 0) is 101 Å². The Labute approximate surface area is 201 Å². The Morgan fingerprint density at radius 3 is 1.65 bits per heavy atom. The Morgan fingerprint density at radius 1 is 0.706 bits per heavy atom. The van der Waals surface area contributed by atoms with E-state index in [0.717, 1.165) is 56.3 Å². The summed E-state index contributed by atoms with van der Waals surface area (Å²) >= 11 is 0. The summed E-state index contributed by atoms with van der Waals surface area (Å²) in [6.07, 6.45) is 6.34. The normalized spacial score (nSPS) is 19.1. The van der Waals surface area contributed by atoms with E-state index in [2.05, 4.69) is 38.0 Å². The molecule has 2 aliphatic carbocycles. The van der Waals surface area contributed by atoms with Crippen molar-refractivity contribution in [2.75, 3.05) is 41.3 Å². The molecule has 4 rings (SSSR count). The second kappa shape index (κ2) is 11.5. The number of nitrogens with zero attached hydrogens (tertiary/aromatic N) is 4. The van der Waals surface area contributed by atoms with Crippen LogP contribution in [0.4, 0.5) is 11.4 Å². The molecule has 0 bridgehead atoms. The number of benzene rings is 2. The fourth-order valence-corrected chi connectivity index (χ4v) is 5.21. The van der Waals surface area contributed by atoms with Crippen LogP contribution in [-0.2, 0) is 25.7 Å². The maximum Gasteiger partial charge on any atom is 0.269 e. The summed E-state index contributed by atoms with van der Waals surface area (Å²) in [5.41, 5.74) is 5.33. The lowest BCUT2D eigenvalue weighted by Gasteiger charge is -2.26. The van der Waals surface area contributed by atoms with Crippen molar-refractivity contribution in [3.05, 3.63) is 78.9 Å². The summed E-state index contributed by atoms with van der Waals surface area (Å²) < 4.78 is 0. The van der Waals surface area contributed by atoms with Crippen LogP contribution in [0.3, 0.4) is 0 Å². The molecule has 8 nitrogen and oxygen atoms in total. The predicted molar refractivity (Wildman–Crippen MR) is 134 cm³/mol. The largest absolute Gasteiger partial charge is 0.309 e. The molecule has 0 aromatic heterocycles. The molecule has 2 atom stereocenters. The molecule has 0 fully saturated rings. The second-order valence-electron chi connectivity index (χ2n) is 10.2.